The number of fused-ring (bicyclic) bond motifs is 1. The molecule has 18 heavy (non-hydrogen) atoms. The summed E-state index contributed by atoms with van der Waals surface area (Å²) in [6, 6.07) is 2.16. The molecule has 0 amide bonds. The van der Waals surface area contributed by atoms with Gasteiger partial charge in [0.2, 0.25) is 0 Å². The molecule has 0 saturated heterocycles. The van der Waals surface area contributed by atoms with Crippen molar-refractivity contribution in [2.75, 3.05) is 0 Å². The Morgan fingerprint density at radius 3 is 2.72 bits per heavy atom. The van der Waals surface area contributed by atoms with Gasteiger partial charge in [0, 0.05) is 12.7 Å². The van der Waals surface area contributed by atoms with Gasteiger partial charge in [0.05, 0.1) is 23.6 Å². The van der Waals surface area contributed by atoms with Crippen LogP contribution in [-0.2, 0) is 26.4 Å². The fourth-order valence-corrected chi connectivity index (χ4v) is 2.92. The second-order valence-electron chi connectivity index (χ2n) is 5.25. The van der Waals surface area contributed by atoms with E-state index in [1.54, 1.807) is 0 Å². The third kappa shape index (κ3) is 1.85. The molecular weight excluding hydrogens is 224 g/mol. The lowest BCUT2D eigenvalue weighted by molar-refractivity contribution is 0.601. The Morgan fingerprint density at radius 1 is 1.22 bits per heavy atom. The maximum Gasteiger partial charge on any atom is 0.106 e. The highest BCUT2D eigenvalue weighted by atomic mass is 15.3. The van der Waals surface area contributed by atoms with Gasteiger partial charge in [-0.05, 0) is 45.6 Å². The summed E-state index contributed by atoms with van der Waals surface area (Å²) in [5.41, 5.74) is 5.09. The summed E-state index contributed by atoms with van der Waals surface area (Å²) in [4.78, 5) is 4.72. The normalized spacial score (nSPS) is 14.8. The van der Waals surface area contributed by atoms with E-state index < -0.39 is 0 Å². The van der Waals surface area contributed by atoms with Gasteiger partial charge >= 0.3 is 0 Å². The standard InChI is InChI=1S/C14H20N4/c1-10-8-12(17(3)16-10)9-18-11(2)15-13-6-4-5-7-14(13)18/h8H,4-7,9H2,1-3H3. The Bertz CT molecular complexity index is 577. The molecule has 0 atom stereocenters. The van der Waals surface area contributed by atoms with Crippen LogP contribution in [0.25, 0.3) is 0 Å². The average molecular weight is 244 g/mol. The van der Waals surface area contributed by atoms with E-state index in [4.69, 9.17) is 4.98 Å². The lowest BCUT2D eigenvalue weighted by atomic mass is 10.0. The lowest BCUT2D eigenvalue weighted by Crippen LogP contribution is -2.12. The minimum atomic E-state index is 0.894. The highest BCUT2D eigenvalue weighted by Gasteiger charge is 2.18. The number of imidazole rings is 1. The van der Waals surface area contributed by atoms with Gasteiger partial charge in [0.25, 0.3) is 0 Å². The Hall–Kier alpha value is -1.58. The molecule has 2 heterocycles. The predicted octanol–water partition coefficient (Wildman–Crippen LogP) is 2.16. The van der Waals surface area contributed by atoms with E-state index >= 15 is 0 Å². The van der Waals surface area contributed by atoms with Gasteiger partial charge in [0.1, 0.15) is 5.82 Å². The van der Waals surface area contributed by atoms with Gasteiger partial charge in [-0.25, -0.2) is 4.98 Å². The largest absolute Gasteiger partial charge is 0.326 e. The van der Waals surface area contributed by atoms with Crippen molar-refractivity contribution in [2.45, 2.75) is 46.1 Å². The molecule has 0 radical (unpaired) electrons. The van der Waals surface area contributed by atoms with E-state index in [0.717, 1.165) is 24.5 Å². The highest BCUT2D eigenvalue weighted by molar-refractivity contribution is 5.22. The van der Waals surface area contributed by atoms with Crippen LogP contribution in [0, 0.1) is 13.8 Å². The van der Waals surface area contributed by atoms with Gasteiger partial charge in [0.15, 0.2) is 0 Å². The Kier molecular flexibility index (Phi) is 2.73. The third-order valence-electron chi connectivity index (χ3n) is 3.84. The second kappa shape index (κ2) is 4.26. The first-order chi connectivity index (χ1) is 8.65. The quantitative estimate of drug-likeness (QED) is 0.811. The van der Waals surface area contributed by atoms with Gasteiger partial charge in [-0.15, -0.1) is 0 Å². The second-order valence-corrected chi connectivity index (χ2v) is 5.25. The Labute approximate surface area is 108 Å². The van der Waals surface area contributed by atoms with Gasteiger partial charge in [-0.2, -0.15) is 5.10 Å². The summed E-state index contributed by atoms with van der Waals surface area (Å²) in [6.45, 7) is 5.05. The molecular formula is C14H20N4. The Morgan fingerprint density at radius 2 is 2.00 bits per heavy atom. The van der Waals surface area contributed by atoms with E-state index in [0.29, 0.717) is 0 Å². The highest BCUT2D eigenvalue weighted by Crippen LogP contribution is 2.23. The van der Waals surface area contributed by atoms with Crippen molar-refractivity contribution in [3.8, 4) is 0 Å². The summed E-state index contributed by atoms with van der Waals surface area (Å²) in [7, 11) is 2.01. The smallest absolute Gasteiger partial charge is 0.106 e. The average Bonchev–Trinajstić information content (AvgIpc) is 2.81. The molecule has 2 aromatic rings. The van der Waals surface area contributed by atoms with Gasteiger partial charge in [-0.3, -0.25) is 4.68 Å². The molecule has 1 aliphatic carbocycles. The van der Waals surface area contributed by atoms with Gasteiger partial charge in [-0.1, -0.05) is 0 Å². The van der Waals surface area contributed by atoms with E-state index in [2.05, 4.69) is 22.7 Å². The first kappa shape index (κ1) is 11.5. The molecule has 0 saturated carbocycles. The molecule has 0 unspecified atom stereocenters. The first-order valence-electron chi connectivity index (χ1n) is 6.69. The maximum atomic E-state index is 4.72. The van der Waals surface area contributed by atoms with Crippen molar-refractivity contribution >= 4 is 0 Å². The summed E-state index contributed by atoms with van der Waals surface area (Å²) >= 11 is 0. The molecule has 3 rings (SSSR count). The fraction of sp³-hybridized carbons (Fsp3) is 0.571. The van der Waals surface area contributed by atoms with Crippen LogP contribution < -0.4 is 0 Å². The Balaban J connectivity index is 1.97. The number of rotatable bonds is 2. The van der Waals surface area contributed by atoms with Crippen molar-refractivity contribution in [2.24, 2.45) is 7.05 Å². The topological polar surface area (TPSA) is 35.6 Å². The van der Waals surface area contributed by atoms with Crippen LogP contribution in [0.15, 0.2) is 6.07 Å². The molecule has 0 spiro atoms. The minimum Gasteiger partial charge on any atom is -0.326 e. The molecule has 4 heteroatoms. The van der Waals surface area contributed by atoms with Gasteiger partial charge < -0.3 is 4.57 Å². The summed E-state index contributed by atoms with van der Waals surface area (Å²) in [6.07, 6.45) is 4.90. The predicted molar refractivity (Wildman–Crippen MR) is 70.7 cm³/mol. The van der Waals surface area contributed by atoms with Crippen LogP contribution in [0.1, 0.15) is 41.4 Å². The van der Waals surface area contributed by atoms with Crippen molar-refractivity contribution in [1.82, 2.24) is 19.3 Å². The number of hydrogen-bond donors (Lipinski definition) is 0. The van der Waals surface area contributed by atoms with Crippen LogP contribution in [0.5, 0.6) is 0 Å². The van der Waals surface area contributed by atoms with E-state index in [-0.39, 0.29) is 0 Å². The molecule has 4 nitrogen and oxygen atoms in total. The van der Waals surface area contributed by atoms with E-state index in [9.17, 15) is 0 Å². The summed E-state index contributed by atoms with van der Waals surface area (Å²) in [5.74, 6) is 1.14. The van der Waals surface area contributed by atoms with Crippen LogP contribution >= 0.6 is 0 Å². The van der Waals surface area contributed by atoms with Crippen LogP contribution in [-0.4, -0.2) is 19.3 Å². The van der Waals surface area contributed by atoms with Crippen LogP contribution in [0.4, 0.5) is 0 Å². The van der Waals surface area contributed by atoms with Crippen LogP contribution in [0.3, 0.4) is 0 Å². The zero-order valence-corrected chi connectivity index (χ0v) is 11.4. The van der Waals surface area contributed by atoms with E-state index in [1.165, 1.54) is 36.3 Å². The van der Waals surface area contributed by atoms with Crippen molar-refractivity contribution in [1.29, 1.82) is 0 Å². The monoisotopic (exact) mass is 244 g/mol. The molecule has 2 aromatic heterocycles. The number of aryl methyl sites for hydroxylation is 4. The van der Waals surface area contributed by atoms with Crippen molar-refractivity contribution in [3.05, 3.63) is 34.7 Å². The van der Waals surface area contributed by atoms with Crippen molar-refractivity contribution in [3.63, 3.8) is 0 Å². The molecule has 0 aliphatic heterocycles. The molecule has 0 aromatic carbocycles. The van der Waals surface area contributed by atoms with E-state index in [1.807, 2.05) is 18.7 Å². The van der Waals surface area contributed by atoms with Crippen molar-refractivity contribution < 1.29 is 0 Å². The maximum absolute atomic E-state index is 4.72. The molecule has 0 fully saturated rings. The third-order valence-corrected chi connectivity index (χ3v) is 3.84. The molecule has 0 bridgehead atoms. The first-order valence-corrected chi connectivity index (χ1v) is 6.69. The lowest BCUT2D eigenvalue weighted by Gasteiger charge is -2.14. The zero-order chi connectivity index (χ0) is 12.7. The minimum absolute atomic E-state index is 0.894. The van der Waals surface area contributed by atoms with Crippen LogP contribution in [0.2, 0.25) is 0 Å². The molecule has 1 aliphatic rings. The SMILES string of the molecule is Cc1cc(Cn2c(C)nc3c2CCCC3)n(C)n1. The number of hydrogen-bond acceptors (Lipinski definition) is 2. The molecule has 0 N–H and O–H groups in total. The fourth-order valence-electron chi connectivity index (χ4n) is 2.92. The zero-order valence-electron chi connectivity index (χ0n) is 11.4. The number of aromatic nitrogens is 4. The molecule has 96 valence electrons. The number of nitrogens with zero attached hydrogens (tertiary/aromatic N) is 4. The summed E-state index contributed by atoms with van der Waals surface area (Å²) < 4.78 is 4.34. The summed E-state index contributed by atoms with van der Waals surface area (Å²) in [5, 5.41) is 4.42.